The molecule has 0 saturated carbocycles. The van der Waals surface area contributed by atoms with E-state index in [9.17, 15) is 4.79 Å². The molecule has 0 bridgehead atoms. The van der Waals surface area contributed by atoms with Gasteiger partial charge in [0.1, 0.15) is 5.76 Å². The Kier molecular flexibility index (Phi) is 4.44. The van der Waals surface area contributed by atoms with E-state index in [1.54, 1.807) is 6.26 Å². The lowest BCUT2D eigenvalue weighted by Crippen LogP contribution is -2.49. The molecular weight excluding hydrogens is 278 g/mol. The highest BCUT2D eigenvalue weighted by Crippen LogP contribution is 2.13. The highest BCUT2D eigenvalue weighted by molar-refractivity contribution is 5.89. The molecule has 2 amide bonds. The van der Waals surface area contributed by atoms with Crippen molar-refractivity contribution < 1.29 is 9.21 Å². The van der Waals surface area contributed by atoms with E-state index in [0.29, 0.717) is 0 Å². The molecule has 2 heterocycles. The lowest BCUT2D eigenvalue weighted by atomic mass is 10.2. The van der Waals surface area contributed by atoms with Crippen molar-refractivity contribution in [2.45, 2.75) is 13.5 Å². The van der Waals surface area contributed by atoms with Gasteiger partial charge in [-0.15, -0.1) is 0 Å². The Morgan fingerprint density at radius 3 is 2.68 bits per heavy atom. The lowest BCUT2D eigenvalue weighted by molar-refractivity contribution is 0.137. The minimum absolute atomic E-state index is 0.0248. The van der Waals surface area contributed by atoms with Crippen molar-refractivity contribution >= 4 is 11.7 Å². The first-order valence-corrected chi connectivity index (χ1v) is 7.58. The number of nitrogens with zero attached hydrogens (tertiary/aromatic N) is 2. The first-order valence-electron chi connectivity index (χ1n) is 7.58. The first-order chi connectivity index (χ1) is 10.7. The second-order valence-electron chi connectivity index (χ2n) is 5.64. The third-order valence-electron chi connectivity index (χ3n) is 3.89. The summed E-state index contributed by atoms with van der Waals surface area (Å²) in [5.41, 5.74) is 1.99. The molecule has 1 aliphatic rings. The van der Waals surface area contributed by atoms with Gasteiger partial charge in [0.05, 0.1) is 12.8 Å². The molecule has 1 N–H and O–H groups in total. The lowest BCUT2D eigenvalue weighted by Gasteiger charge is -2.34. The topological polar surface area (TPSA) is 48.7 Å². The smallest absolute Gasteiger partial charge is 0.321 e. The van der Waals surface area contributed by atoms with Gasteiger partial charge in [-0.3, -0.25) is 4.90 Å². The van der Waals surface area contributed by atoms with Crippen LogP contribution in [0.2, 0.25) is 0 Å². The number of aryl methyl sites for hydroxylation is 1. The van der Waals surface area contributed by atoms with Gasteiger partial charge in [-0.05, 0) is 36.8 Å². The van der Waals surface area contributed by atoms with Crippen molar-refractivity contribution in [3.05, 3.63) is 54.0 Å². The van der Waals surface area contributed by atoms with Crippen LogP contribution in [0.25, 0.3) is 0 Å². The third-order valence-corrected chi connectivity index (χ3v) is 3.89. The zero-order chi connectivity index (χ0) is 15.4. The largest absolute Gasteiger partial charge is 0.468 e. The Hall–Kier alpha value is -2.27. The van der Waals surface area contributed by atoms with Crippen LogP contribution in [0.5, 0.6) is 0 Å². The molecule has 0 unspecified atom stereocenters. The number of furan rings is 1. The molecule has 3 rings (SSSR count). The summed E-state index contributed by atoms with van der Waals surface area (Å²) in [5, 5.41) is 2.96. The van der Waals surface area contributed by atoms with Crippen molar-refractivity contribution in [3.8, 4) is 0 Å². The molecule has 1 aromatic carbocycles. The van der Waals surface area contributed by atoms with E-state index in [4.69, 9.17) is 4.42 Å². The van der Waals surface area contributed by atoms with Gasteiger partial charge in [-0.1, -0.05) is 12.1 Å². The minimum atomic E-state index is -0.0248. The maximum absolute atomic E-state index is 12.3. The van der Waals surface area contributed by atoms with Crippen LogP contribution in [0.4, 0.5) is 10.5 Å². The highest BCUT2D eigenvalue weighted by Gasteiger charge is 2.21. The normalized spacial score (nSPS) is 15.8. The summed E-state index contributed by atoms with van der Waals surface area (Å²) in [4.78, 5) is 16.4. The van der Waals surface area contributed by atoms with Crippen molar-refractivity contribution in [1.29, 1.82) is 0 Å². The molecular formula is C17H21N3O2. The number of benzene rings is 1. The molecule has 1 aromatic heterocycles. The maximum Gasteiger partial charge on any atom is 0.321 e. The molecule has 22 heavy (non-hydrogen) atoms. The van der Waals surface area contributed by atoms with Crippen molar-refractivity contribution in [1.82, 2.24) is 9.80 Å². The van der Waals surface area contributed by atoms with E-state index >= 15 is 0 Å². The SMILES string of the molecule is Cc1cccc(NC(=O)N2CCN(Cc3ccco3)CC2)c1. The molecule has 0 aliphatic carbocycles. The number of carbonyl (C=O) groups excluding carboxylic acids is 1. The molecule has 1 fully saturated rings. The van der Waals surface area contributed by atoms with Gasteiger partial charge in [0.15, 0.2) is 0 Å². The number of hydrogen-bond acceptors (Lipinski definition) is 3. The monoisotopic (exact) mass is 299 g/mol. The van der Waals surface area contributed by atoms with Crippen LogP contribution in [0, 0.1) is 6.92 Å². The first kappa shape index (κ1) is 14.7. The van der Waals surface area contributed by atoms with Gasteiger partial charge in [-0.2, -0.15) is 0 Å². The van der Waals surface area contributed by atoms with Gasteiger partial charge in [0, 0.05) is 31.9 Å². The fourth-order valence-corrected chi connectivity index (χ4v) is 2.66. The Morgan fingerprint density at radius 2 is 2.00 bits per heavy atom. The number of rotatable bonds is 3. The molecule has 1 aliphatic heterocycles. The number of amides is 2. The van der Waals surface area contributed by atoms with E-state index in [1.165, 1.54) is 0 Å². The van der Waals surface area contributed by atoms with Crippen LogP contribution in [-0.4, -0.2) is 42.0 Å². The van der Waals surface area contributed by atoms with Crippen LogP contribution >= 0.6 is 0 Å². The Bertz CT molecular complexity index is 617. The second kappa shape index (κ2) is 6.66. The Labute approximate surface area is 130 Å². The van der Waals surface area contributed by atoms with Gasteiger partial charge >= 0.3 is 6.03 Å². The zero-order valence-corrected chi connectivity index (χ0v) is 12.8. The van der Waals surface area contributed by atoms with Crippen LogP contribution in [-0.2, 0) is 6.54 Å². The summed E-state index contributed by atoms with van der Waals surface area (Å²) in [5.74, 6) is 0.970. The van der Waals surface area contributed by atoms with E-state index in [-0.39, 0.29) is 6.03 Å². The summed E-state index contributed by atoms with van der Waals surface area (Å²) >= 11 is 0. The van der Waals surface area contributed by atoms with Crippen molar-refractivity contribution in [2.24, 2.45) is 0 Å². The van der Waals surface area contributed by atoms with Crippen LogP contribution in [0.1, 0.15) is 11.3 Å². The summed E-state index contributed by atoms with van der Waals surface area (Å²) < 4.78 is 5.37. The predicted octanol–water partition coefficient (Wildman–Crippen LogP) is 2.94. The number of hydrogen-bond donors (Lipinski definition) is 1. The van der Waals surface area contributed by atoms with Crippen molar-refractivity contribution in [3.63, 3.8) is 0 Å². The second-order valence-corrected chi connectivity index (χ2v) is 5.64. The minimum Gasteiger partial charge on any atom is -0.468 e. The van der Waals surface area contributed by atoms with E-state index < -0.39 is 0 Å². The summed E-state index contributed by atoms with van der Waals surface area (Å²) in [6.07, 6.45) is 1.70. The molecule has 1 saturated heterocycles. The highest BCUT2D eigenvalue weighted by atomic mass is 16.3. The molecule has 0 radical (unpaired) electrons. The fourth-order valence-electron chi connectivity index (χ4n) is 2.66. The number of urea groups is 1. The Balaban J connectivity index is 1.49. The number of nitrogens with one attached hydrogen (secondary N) is 1. The number of carbonyl (C=O) groups is 1. The third kappa shape index (κ3) is 3.68. The van der Waals surface area contributed by atoms with E-state index in [2.05, 4.69) is 10.2 Å². The average molecular weight is 299 g/mol. The number of anilines is 1. The zero-order valence-electron chi connectivity index (χ0n) is 12.8. The molecule has 5 heteroatoms. The van der Waals surface area contributed by atoms with Crippen LogP contribution in [0.15, 0.2) is 47.1 Å². The van der Waals surface area contributed by atoms with Crippen LogP contribution in [0.3, 0.4) is 0 Å². The van der Waals surface area contributed by atoms with Crippen LogP contribution < -0.4 is 5.32 Å². The van der Waals surface area contributed by atoms with Gasteiger partial charge in [-0.25, -0.2) is 4.79 Å². The molecule has 116 valence electrons. The average Bonchev–Trinajstić information content (AvgIpc) is 3.01. The van der Waals surface area contributed by atoms with Gasteiger partial charge < -0.3 is 14.6 Å². The van der Waals surface area contributed by atoms with E-state index in [0.717, 1.165) is 49.7 Å². The van der Waals surface area contributed by atoms with E-state index in [1.807, 2.05) is 48.2 Å². The quantitative estimate of drug-likeness (QED) is 0.948. The summed E-state index contributed by atoms with van der Waals surface area (Å²) in [7, 11) is 0. The predicted molar refractivity (Wildman–Crippen MR) is 85.8 cm³/mol. The fraction of sp³-hybridized carbons (Fsp3) is 0.353. The maximum atomic E-state index is 12.3. The van der Waals surface area contributed by atoms with Crippen molar-refractivity contribution in [2.75, 3.05) is 31.5 Å². The molecule has 5 nitrogen and oxygen atoms in total. The standard InChI is InChI=1S/C17H21N3O2/c1-14-4-2-5-15(12-14)18-17(21)20-9-7-19(8-10-20)13-16-6-3-11-22-16/h2-6,11-12H,7-10,13H2,1H3,(H,18,21). The van der Waals surface area contributed by atoms with Gasteiger partial charge in [0.25, 0.3) is 0 Å². The molecule has 0 atom stereocenters. The number of piperazine rings is 1. The van der Waals surface area contributed by atoms with Gasteiger partial charge in [0.2, 0.25) is 0 Å². The summed E-state index contributed by atoms with van der Waals surface area (Å²) in [6, 6.07) is 11.7. The molecule has 2 aromatic rings. The Morgan fingerprint density at radius 1 is 1.18 bits per heavy atom. The molecule has 0 spiro atoms. The summed E-state index contributed by atoms with van der Waals surface area (Å²) in [6.45, 7) is 6.02.